The maximum atomic E-state index is 12.6. The lowest BCUT2D eigenvalue weighted by atomic mass is 9.52. The minimum atomic E-state index is -0.330. The predicted molar refractivity (Wildman–Crippen MR) is 76.7 cm³/mol. The van der Waals surface area contributed by atoms with Crippen molar-refractivity contribution in [3.63, 3.8) is 0 Å². The third-order valence-electron chi connectivity index (χ3n) is 6.22. The summed E-state index contributed by atoms with van der Waals surface area (Å²) in [4.78, 5) is 12.6. The fourth-order valence-corrected chi connectivity index (χ4v) is 5.19. The summed E-state index contributed by atoms with van der Waals surface area (Å²) in [6.45, 7) is 3.52. The molecule has 0 radical (unpaired) electrons. The van der Waals surface area contributed by atoms with Gasteiger partial charge in [0, 0.05) is 17.8 Å². The Hall–Kier alpha value is -0.710. The van der Waals surface area contributed by atoms with E-state index in [4.69, 9.17) is 9.47 Å². The minimum absolute atomic E-state index is 0.0188. The number of ether oxygens (including phenoxy) is 2. The molecule has 21 heavy (non-hydrogen) atoms. The van der Waals surface area contributed by atoms with Gasteiger partial charge in [-0.25, -0.2) is 0 Å². The van der Waals surface area contributed by atoms with E-state index < -0.39 is 0 Å². The van der Waals surface area contributed by atoms with E-state index in [9.17, 15) is 9.90 Å². The number of carbonyl (C=O) groups excluding carboxylic acids is 1. The van der Waals surface area contributed by atoms with Crippen LogP contribution in [0.25, 0.3) is 0 Å². The Morgan fingerprint density at radius 1 is 1.29 bits per heavy atom. The van der Waals surface area contributed by atoms with E-state index in [0.29, 0.717) is 31.8 Å². The van der Waals surface area contributed by atoms with E-state index in [-0.39, 0.29) is 35.6 Å². The molecule has 2 saturated carbocycles. The van der Waals surface area contributed by atoms with Crippen LogP contribution in [-0.2, 0) is 14.3 Å². The zero-order valence-electron chi connectivity index (χ0n) is 12.6. The van der Waals surface area contributed by atoms with Gasteiger partial charge in [0.25, 0.3) is 0 Å². The second-order valence-electron chi connectivity index (χ2n) is 7.27. The second-order valence-corrected chi connectivity index (χ2v) is 7.27. The highest BCUT2D eigenvalue weighted by atomic mass is 16.6. The fourth-order valence-electron chi connectivity index (χ4n) is 5.19. The third-order valence-corrected chi connectivity index (χ3v) is 6.22. The Morgan fingerprint density at radius 2 is 2.10 bits per heavy atom. The molecule has 116 valence electrons. The Morgan fingerprint density at radius 3 is 2.95 bits per heavy atom. The maximum absolute atomic E-state index is 12.6. The molecule has 0 aromatic carbocycles. The van der Waals surface area contributed by atoms with E-state index >= 15 is 0 Å². The topological polar surface area (TPSA) is 55.8 Å². The van der Waals surface area contributed by atoms with Crippen LogP contribution in [0.2, 0.25) is 0 Å². The van der Waals surface area contributed by atoms with E-state index in [0.717, 1.165) is 19.3 Å². The first-order valence-electron chi connectivity index (χ1n) is 8.26. The molecular formula is C17H24O4. The van der Waals surface area contributed by atoms with Crippen LogP contribution in [0, 0.1) is 17.3 Å². The molecule has 1 saturated heterocycles. The van der Waals surface area contributed by atoms with Crippen molar-refractivity contribution in [3.05, 3.63) is 11.6 Å². The molecule has 4 rings (SSSR count). The summed E-state index contributed by atoms with van der Waals surface area (Å²) in [6.07, 6.45) is 5.95. The highest BCUT2D eigenvalue weighted by Gasteiger charge is 2.56. The van der Waals surface area contributed by atoms with Crippen LogP contribution in [0.15, 0.2) is 11.6 Å². The predicted octanol–water partition coefficient (Wildman–Crippen LogP) is 1.86. The van der Waals surface area contributed by atoms with E-state index in [1.807, 2.05) is 0 Å². The molecule has 6 atom stereocenters. The van der Waals surface area contributed by atoms with Gasteiger partial charge in [-0.1, -0.05) is 13.0 Å². The van der Waals surface area contributed by atoms with Gasteiger partial charge in [0.15, 0.2) is 0 Å². The average molecular weight is 292 g/mol. The van der Waals surface area contributed by atoms with Gasteiger partial charge < -0.3 is 14.6 Å². The molecule has 4 heteroatoms. The molecule has 1 N–H and O–H groups in total. The van der Waals surface area contributed by atoms with Gasteiger partial charge in [0.1, 0.15) is 11.9 Å². The zero-order chi connectivity index (χ0) is 14.6. The summed E-state index contributed by atoms with van der Waals surface area (Å²) < 4.78 is 11.9. The summed E-state index contributed by atoms with van der Waals surface area (Å²) >= 11 is 0. The molecule has 0 aromatic rings. The van der Waals surface area contributed by atoms with Gasteiger partial charge in [-0.15, -0.1) is 0 Å². The number of aliphatic hydroxyl groups excluding tert-OH is 1. The van der Waals surface area contributed by atoms with Gasteiger partial charge in [-0.3, -0.25) is 4.79 Å². The molecule has 3 fully saturated rings. The Bertz CT molecular complexity index is 485. The number of aliphatic hydroxyl groups is 1. The quantitative estimate of drug-likeness (QED) is 0.692. The second kappa shape index (κ2) is 4.90. The average Bonchev–Trinajstić information content (AvgIpc) is 2.50. The molecule has 3 aliphatic carbocycles. The van der Waals surface area contributed by atoms with Crippen molar-refractivity contribution in [2.45, 2.75) is 57.3 Å². The first-order chi connectivity index (χ1) is 10.1. The normalized spacial score (nSPS) is 49.7. The first-order valence-corrected chi connectivity index (χ1v) is 8.26. The number of hydrogen-bond donors (Lipinski definition) is 1. The van der Waals surface area contributed by atoms with Gasteiger partial charge in [-0.2, -0.15) is 0 Å². The standard InChI is InChI=1S/C17H24O4/c1-17-7-6-14-16(21-9-8-20-14)11(17)3-2-10-12(18)4-5-13(19)15(10)17/h3,10,12,14-16,18H,2,4-9H2,1H3. The Labute approximate surface area is 125 Å². The lowest BCUT2D eigenvalue weighted by molar-refractivity contribution is -0.163. The van der Waals surface area contributed by atoms with E-state index in [1.165, 1.54) is 5.57 Å². The molecule has 6 unspecified atom stereocenters. The monoisotopic (exact) mass is 292 g/mol. The van der Waals surface area contributed by atoms with Crippen molar-refractivity contribution in [1.82, 2.24) is 0 Å². The van der Waals surface area contributed by atoms with Gasteiger partial charge in [-0.05, 0) is 37.2 Å². The fraction of sp³-hybridized carbons (Fsp3) is 0.824. The van der Waals surface area contributed by atoms with Gasteiger partial charge in [0.2, 0.25) is 0 Å². The van der Waals surface area contributed by atoms with Gasteiger partial charge >= 0.3 is 0 Å². The SMILES string of the molecule is CC12CCC3OCCOC3C1=CCC1C(O)CCC(=O)C12. The van der Waals surface area contributed by atoms with E-state index in [1.54, 1.807) is 0 Å². The minimum Gasteiger partial charge on any atom is -0.393 e. The number of carbonyl (C=O) groups is 1. The smallest absolute Gasteiger partial charge is 0.137 e. The number of hydrogen-bond acceptors (Lipinski definition) is 4. The molecule has 0 bridgehead atoms. The van der Waals surface area contributed by atoms with Crippen molar-refractivity contribution in [2.75, 3.05) is 13.2 Å². The lowest BCUT2D eigenvalue weighted by Gasteiger charge is -2.55. The third kappa shape index (κ3) is 1.96. The highest BCUT2D eigenvalue weighted by Crippen LogP contribution is 2.56. The summed E-state index contributed by atoms with van der Waals surface area (Å²) in [7, 11) is 0. The number of rotatable bonds is 0. The summed E-state index contributed by atoms with van der Waals surface area (Å²) in [5.41, 5.74) is 1.12. The molecule has 1 heterocycles. The molecular weight excluding hydrogens is 268 g/mol. The van der Waals surface area contributed by atoms with Crippen LogP contribution in [0.3, 0.4) is 0 Å². The van der Waals surface area contributed by atoms with Crippen LogP contribution < -0.4 is 0 Å². The van der Waals surface area contributed by atoms with Crippen molar-refractivity contribution in [3.8, 4) is 0 Å². The first kappa shape index (κ1) is 13.9. The summed E-state index contributed by atoms with van der Waals surface area (Å²) in [5, 5.41) is 10.3. The molecule has 4 nitrogen and oxygen atoms in total. The highest BCUT2D eigenvalue weighted by molar-refractivity contribution is 5.84. The number of fused-ring (bicyclic) bond motifs is 5. The molecule has 1 aliphatic heterocycles. The Kier molecular flexibility index (Phi) is 3.25. The summed E-state index contributed by atoms with van der Waals surface area (Å²) in [6, 6.07) is 0. The zero-order valence-corrected chi connectivity index (χ0v) is 12.6. The number of allylic oxidation sites excluding steroid dienone is 1. The number of ketones is 1. The van der Waals surface area contributed by atoms with Crippen molar-refractivity contribution < 1.29 is 19.4 Å². The maximum Gasteiger partial charge on any atom is 0.137 e. The molecule has 4 aliphatic rings. The van der Waals surface area contributed by atoms with Crippen LogP contribution in [0.5, 0.6) is 0 Å². The van der Waals surface area contributed by atoms with Crippen molar-refractivity contribution in [2.24, 2.45) is 17.3 Å². The largest absolute Gasteiger partial charge is 0.393 e. The lowest BCUT2D eigenvalue weighted by Crippen LogP contribution is -2.56. The molecule has 0 aromatic heterocycles. The van der Waals surface area contributed by atoms with Gasteiger partial charge in [0.05, 0.1) is 25.4 Å². The van der Waals surface area contributed by atoms with Crippen LogP contribution in [0.4, 0.5) is 0 Å². The van der Waals surface area contributed by atoms with Crippen LogP contribution in [0.1, 0.15) is 39.0 Å². The Balaban J connectivity index is 1.73. The van der Waals surface area contributed by atoms with Crippen molar-refractivity contribution >= 4 is 5.78 Å². The van der Waals surface area contributed by atoms with Crippen molar-refractivity contribution in [1.29, 1.82) is 0 Å². The number of Topliss-reactive ketones (excluding diaryl/α,β-unsaturated/α-hetero) is 1. The van der Waals surface area contributed by atoms with Crippen LogP contribution >= 0.6 is 0 Å². The molecule has 0 spiro atoms. The molecule has 0 amide bonds. The van der Waals surface area contributed by atoms with E-state index in [2.05, 4.69) is 13.0 Å². The summed E-state index contributed by atoms with van der Waals surface area (Å²) in [5.74, 6) is 0.405. The van der Waals surface area contributed by atoms with Crippen LogP contribution in [-0.4, -0.2) is 42.4 Å².